The fourth-order valence-corrected chi connectivity index (χ4v) is 2.74. The summed E-state index contributed by atoms with van der Waals surface area (Å²) < 4.78 is 16.1. The van der Waals surface area contributed by atoms with Gasteiger partial charge in [-0.2, -0.15) is 0 Å². The Hall–Kier alpha value is -1.43. The Morgan fingerprint density at radius 3 is 2.20 bits per heavy atom. The van der Waals surface area contributed by atoms with E-state index in [0.29, 0.717) is 17.2 Å². The van der Waals surface area contributed by atoms with Gasteiger partial charge in [0.25, 0.3) is 0 Å². The van der Waals surface area contributed by atoms with E-state index in [1.165, 1.54) is 0 Å². The molecule has 2 aromatic rings. The number of ether oxygens (including phenoxy) is 3. The Morgan fingerprint density at radius 1 is 1.00 bits per heavy atom. The van der Waals surface area contributed by atoms with Crippen molar-refractivity contribution in [1.29, 1.82) is 0 Å². The van der Waals surface area contributed by atoms with Gasteiger partial charge in [0.1, 0.15) is 0 Å². The van der Waals surface area contributed by atoms with E-state index in [2.05, 4.69) is 0 Å². The molecule has 1 aromatic carbocycles. The largest absolute Gasteiger partial charge is 0.493 e. The third kappa shape index (κ3) is 3.00. The summed E-state index contributed by atoms with van der Waals surface area (Å²) in [4.78, 5) is 1.07. The molecule has 6 heteroatoms. The lowest BCUT2D eigenvalue weighted by Gasteiger charge is -2.19. The normalized spacial score (nSPS) is 11.4. The molecule has 0 aliphatic rings. The lowest BCUT2D eigenvalue weighted by Crippen LogP contribution is -2.12. The average Bonchev–Trinajstić information content (AvgIpc) is 2.98. The van der Waals surface area contributed by atoms with Crippen molar-refractivity contribution in [3.8, 4) is 17.2 Å². The van der Waals surface area contributed by atoms with E-state index in [1.54, 1.807) is 32.7 Å². The maximum absolute atomic E-state index is 6.29. The summed E-state index contributed by atoms with van der Waals surface area (Å²) in [5.41, 5.74) is 7.16. The van der Waals surface area contributed by atoms with E-state index >= 15 is 0 Å². The first-order valence-electron chi connectivity index (χ1n) is 5.80. The van der Waals surface area contributed by atoms with E-state index in [0.717, 1.165) is 10.4 Å². The molecule has 0 spiro atoms. The van der Waals surface area contributed by atoms with Crippen molar-refractivity contribution in [2.75, 3.05) is 21.3 Å². The van der Waals surface area contributed by atoms with Crippen molar-refractivity contribution in [1.82, 2.24) is 0 Å². The predicted octanol–water partition coefficient (Wildman–Crippen LogP) is 3.24. The van der Waals surface area contributed by atoms with Gasteiger partial charge in [0.2, 0.25) is 5.75 Å². The number of benzene rings is 1. The third-order valence-electron chi connectivity index (χ3n) is 2.92. The van der Waals surface area contributed by atoms with Gasteiger partial charge in [-0.15, -0.1) is 23.7 Å². The summed E-state index contributed by atoms with van der Waals surface area (Å²) in [5, 5.41) is 2.00. The van der Waals surface area contributed by atoms with Gasteiger partial charge < -0.3 is 19.9 Å². The molecule has 0 fully saturated rings. The Labute approximate surface area is 128 Å². The van der Waals surface area contributed by atoms with Crippen molar-refractivity contribution < 1.29 is 14.2 Å². The van der Waals surface area contributed by atoms with Gasteiger partial charge >= 0.3 is 0 Å². The van der Waals surface area contributed by atoms with Gasteiger partial charge in [-0.05, 0) is 23.6 Å². The zero-order chi connectivity index (χ0) is 13.8. The molecule has 0 saturated carbocycles. The van der Waals surface area contributed by atoms with Gasteiger partial charge in [-0.3, -0.25) is 0 Å². The Bertz CT molecular complexity index is 546. The number of nitrogens with two attached hydrogens (primary N) is 1. The van der Waals surface area contributed by atoms with Gasteiger partial charge in [-0.25, -0.2) is 0 Å². The van der Waals surface area contributed by atoms with Crippen LogP contribution in [0.15, 0.2) is 29.6 Å². The van der Waals surface area contributed by atoms with Crippen LogP contribution in [-0.2, 0) is 0 Å². The van der Waals surface area contributed by atoms with Crippen LogP contribution in [0, 0.1) is 0 Å². The molecule has 0 saturated heterocycles. The molecule has 0 aliphatic carbocycles. The molecule has 2 N–H and O–H groups in total. The minimum Gasteiger partial charge on any atom is -0.493 e. The number of hydrogen-bond acceptors (Lipinski definition) is 5. The van der Waals surface area contributed by atoms with Gasteiger partial charge in [0, 0.05) is 10.4 Å². The highest BCUT2D eigenvalue weighted by Gasteiger charge is 2.21. The molecule has 0 radical (unpaired) electrons. The van der Waals surface area contributed by atoms with E-state index in [9.17, 15) is 0 Å². The van der Waals surface area contributed by atoms with E-state index in [-0.39, 0.29) is 18.4 Å². The second-order valence-electron chi connectivity index (χ2n) is 3.92. The van der Waals surface area contributed by atoms with Crippen molar-refractivity contribution in [2.45, 2.75) is 6.04 Å². The van der Waals surface area contributed by atoms with Crippen LogP contribution in [0.4, 0.5) is 0 Å². The average molecular weight is 316 g/mol. The Morgan fingerprint density at radius 2 is 1.70 bits per heavy atom. The van der Waals surface area contributed by atoms with Crippen molar-refractivity contribution >= 4 is 23.7 Å². The van der Waals surface area contributed by atoms with Crippen LogP contribution in [-0.4, -0.2) is 21.3 Å². The lowest BCUT2D eigenvalue weighted by atomic mass is 10.0. The Kier molecular flexibility index (Phi) is 6.13. The molecule has 20 heavy (non-hydrogen) atoms. The summed E-state index contributed by atoms with van der Waals surface area (Å²) in [6, 6.07) is 7.49. The monoisotopic (exact) mass is 315 g/mol. The maximum atomic E-state index is 6.29. The summed E-state index contributed by atoms with van der Waals surface area (Å²) in [6.45, 7) is 0. The smallest absolute Gasteiger partial charge is 0.203 e. The molecular weight excluding hydrogens is 298 g/mol. The van der Waals surface area contributed by atoms with E-state index in [1.807, 2.05) is 29.6 Å². The fraction of sp³-hybridized carbons (Fsp3) is 0.286. The second kappa shape index (κ2) is 7.38. The van der Waals surface area contributed by atoms with Crippen LogP contribution >= 0.6 is 23.7 Å². The van der Waals surface area contributed by atoms with Crippen LogP contribution in [0.25, 0.3) is 0 Å². The number of hydrogen-bond donors (Lipinski definition) is 1. The topological polar surface area (TPSA) is 53.7 Å². The van der Waals surface area contributed by atoms with Crippen LogP contribution in [0.1, 0.15) is 16.5 Å². The first-order chi connectivity index (χ1) is 9.22. The molecular formula is C14H18ClNO3S. The number of methoxy groups -OCH3 is 3. The van der Waals surface area contributed by atoms with Crippen LogP contribution in [0.3, 0.4) is 0 Å². The molecule has 110 valence electrons. The van der Waals surface area contributed by atoms with Crippen LogP contribution in [0.2, 0.25) is 0 Å². The quantitative estimate of drug-likeness (QED) is 0.920. The highest BCUT2D eigenvalue weighted by atomic mass is 35.5. The minimum atomic E-state index is -0.241. The zero-order valence-corrected chi connectivity index (χ0v) is 13.2. The summed E-state index contributed by atoms with van der Waals surface area (Å²) in [7, 11) is 4.78. The van der Waals surface area contributed by atoms with Crippen molar-refractivity contribution in [3.63, 3.8) is 0 Å². The number of halogens is 1. The lowest BCUT2D eigenvalue weighted by molar-refractivity contribution is 0.321. The van der Waals surface area contributed by atoms with Crippen molar-refractivity contribution in [3.05, 3.63) is 40.1 Å². The van der Waals surface area contributed by atoms with E-state index < -0.39 is 0 Å². The molecule has 0 unspecified atom stereocenters. The van der Waals surface area contributed by atoms with Crippen LogP contribution in [0.5, 0.6) is 17.2 Å². The molecule has 0 aliphatic heterocycles. The summed E-state index contributed by atoms with van der Waals surface area (Å²) in [5.74, 6) is 1.80. The maximum Gasteiger partial charge on any atom is 0.203 e. The first kappa shape index (κ1) is 16.6. The highest BCUT2D eigenvalue weighted by molar-refractivity contribution is 7.10. The molecule has 1 aromatic heterocycles. The molecule has 1 heterocycles. The standard InChI is InChI=1S/C14H17NO3S.ClH/c1-16-10-7-6-9(13(17-2)14(10)18-3)12(15)11-5-4-8-19-11;/h4-8,12H,15H2,1-3H3;1H/t12-;/m1./s1. The van der Waals surface area contributed by atoms with Crippen molar-refractivity contribution in [2.24, 2.45) is 5.73 Å². The van der Waals surface area contributed by atoms with Gasteiger partial charge in [0.15, 0.2) is 11.5 Å². The summed E-state index contributed by atoms with van der Waals surface area (Å²) >= 11 is 1.62. The van der Waals surface area contributed by atoms with Crippen LogP contribution < -0.4 is 19.9 Å². The second-order valence-corrected chi connectivity index (χ2v) is 4.90. The molecule has 1 atom stereocenters. The first-order valence-corrected chi connectivity index (χ1v) is 6.68. The number of thiophene rings is 1. The fourth-order valence-electron chi connectivity index (χ4n) is 1.99. The SMILES string of the molecule is COc1ccc([C@@H](N)c2cccs2)c(OC)c1OC.Cl. The zero-order valence-electron chi connectivity index (χ0n) is 11.6. The third-order valence-corrected chi connectivity index (χ3v) is 3.87. The molecule has 4 nitrogen and oxygen atoms in total. The molecule has 2 rings (SSSR count). The van der Waals surface area contributed by atoms with Gasteiger partial charge in [0.05, 0.1) is 27.4 Å². The Balaban J connectivity index is 0.00000200. The predicted molar refractivity (Wildman–Crippen MR) is 83.7 cm³/mol. The molecule has 0 amide bonds. The highest BCUT2D eigenvalue weighted by Crippen LogP contribution is 2.43. The minimum absolute atomic E-state index is 0. The molecule has 0 bridgehead atoms. The van der Waals surface area contributed by atoms with Gasteiger partial charge in [-0.1, -0.05) is 6.07 Å². The summed E-state index contributed by atoms with van der Waals surface area (Å²) in [6.07, 6.45) is 0. The number of rotatable bonds is 5. The van der Waals surface area contributed by atoms with E-state index in [4.69, 9.17) is 19.9 Å².